The van der Waals surface area contributed by atoms with Gasteiger partial charge >= 0.3 is 0 Å². The lowest BCUT2D eigenvalue weighted by Gasteiger charge is -2.10. The molecule has 0 spiro atoms. The highest BCUT2D eigenvalue weighted by Gasteiger charge is 2.14. The molecule has 4 heteroatoms. The lowest BCUT2D eigenvalue weighted by Crippen LogP contribution is -2.06. The van der Waals surface area contributed by atoms with Crippen LogP contribution in [0.3, 0.4) is 0 Å². The van der Waals surface area contributed by atoms with Gasteiger partial charge in [0.2, 0.25) is 0 Å². The summed E-state index contributed by atoms with van der Waals surface area (Å²) in [5.41, 5.74) is 0.672. The molecule has 0 amide bonds. The van der Waals surface area contributed by atoms with Gasteiger partial charge in [-0.15, -0.1) is 11.6 Å². The van der Waals surface area contributed by atoms with Gasteiger partial charge in [-0.2, -0.15) is 0 Å². The van der Waals surface area contributed by atoms with Crippen LogP contribution < -0.4 is 5.30 Å². The van der Waals surface area contributed by atoms with E-state index >= 15 is 0 Å². The van der Waals surface area contributed by atoms with Crippen molar-refractivity contribution in [3.8, 4) is 0 Å². The molecule has 0 N–H and O–H groups in total. The maximum Gasteiger partial charge on any atom is 0.124 e. The summed E-state index contributed by atoms with van der Waals surface area (Å²) >= 11 is 5.84. The SMILES string of the molecule is CC(Cl)c1cc(F)cc(P(C)(C)=O)c1. The largest absolute Gasteiger partial charge is 0.319 e. The van der Waals surface area contributed by atoms with Gasteiger partial charge in [-0.1, -0.05) is 0 Å². The van der Waals surface area contributed by atoms with E-state index in [9.17, 15) is 8.96 Å². The molecular weight excluding hydrogens is 222 g/mol. The Kier molecular flexibility index (Phi) is 3.39. The van der Waals surface area contributed by atoms with E-state index in [0.717, 1.165) is 0 Å². The van der Waals surface area contributed by atoms with E-state index in [1.165, 1.54) is 12.1 Å². The first-order valence-electron chi connectivity index (χ1n) is 4.31. The molecule has 1 rings (SSSR count). The fourth-order valence-corrected chi connectivity index (χ4v) is 2.16. The smallest absolute Gasteiger partial charge is 0.124 e. The maximum atomic E-state index is 13.1. The molecule has 0 bridgehead atoms. The Morgan fingerprint density at radius 2 is 1.93 bits per heavy atom. The van der Waals surface area contributed by atoms with Gasteiger partial charge in [-0.05, 0) is 44.0 Å². The van der Waals surface area contributed by atoms with E-state index in [4.69, 9.17) is 11.6 Å². The van der Waals surface area contributed by atoms with E-state index in [-0.39, 0.29) is 11.2 Å². The van der Waals surface area contributed by atoms with Crippen molar-refractivity contribution in [3.63, 3.8) is 0 Å². The summed E-state index contributed by atoms with van der Waals surface area (Å²) in [6.45, 7) is 4.99. The molecule has 0 aliphatic rings. The van der Waals surface area contributed by atoms with Gasteiger partial charge < -0.3 is 4.57 Å². The van der Waals surface area contributed by atoms with Crippen LogP contribution in [0.4, 0.5) is 4.39 Å². The van der Waals surface area contributed by atoms with E-state index in [2.05, 4.69) is 0 Å². The van der Waals surface area contributed by atoms with Crippen LogP contribution in [0.15, 0.2) is 18.2 Å². The first kappa shape index (κ1) is 11.7. The van der Waals surface area contributed by atoms with Crippen LogP contribution in [-0.4, -0.2) is 13.3 Å². The third kappa shape index (κ3) is 2.83. The number of alkyl halides is 1. The third-order valence-corrected chi connectivity index (χ3v) is 3.74. The zero-order valence-electron chi connectivity index (χ0n) is 8.42. The van der Waals surface area contributed by atoms with Gasteiger partial charge in [0.15, 0.2) is 0 Å². The standard InChI is InChI=1S/C10H13ClFOP/c1-7(11)8-4-9(12)6-10(5-8)14(2,3)13/h4-7H,1-3H3. The molecule has 1 aromatic carbocycles. The Morgan fingerprint density at radius 3 is 2.36 bits per heavy atom. The van der Waals surface area contributed by atoms with Gasteiger partial charge in [-0.3, -0.25) is 0 Å². The van der Waals surface area contributed by atoms with Crippen LogP contribution in [0.1, 0.15) is 17.9 Å². The fourth-order valence-electron chi connectivity index (χ4n) is 1.14. The molecule has 0 radical (unpaired) electrons. The number of halogens is 2. The van der Waals surface area contributed by atoms with Crippen molar-refractivity contribution in [2.75, 3.05) is 13.3 Å². The van der Waals surface area contributed by atoms with Crippen molar-refractivity contribution >= 4 is 24.0 Å². The minimum absolute atomic E-state index is 0.268. The van der Waals surface area contributed by atoms with Crippen molar-refractivity contribution in [1.29, 1.82) is 0 Å². The van der Waals surface area contributed by atoms with Crippen LogP contribution in [0.25, 0.3) is 0 Å². The average Bonchev–Trinajstić information content (AvgIpc) is 2.01. The van der Waals surface area contributed by atoms with E-state index in [0.29, 0.717) is 10.9 Å². The predicted octanol–water partition coefficient (Wildman–Crippen LogP) is 3.37. The molecule has 0 saturated heterocycles. The highest BCUT2D eigenvalue weighted by Crippen LogP contribution is 2.36. The molecule has 14 heavy (non-hydrogen) atoms. The van der Waals surface area contributed by atoms with Gasteiger partial charge in [0, 0.05) is 5.30 Å². The molecular formula is C10H13ClFOP. The van der Waals surface area contributed by atoms with E-state index < -0.39 is 7.14 Å². The van der Waals surface area contributed by atoms with Crippen LogP contribution in [0, 0.1) is 5.82 Å². The highest BCUT2D eigenvalue weighted by atomic mass is 35.5. The molecule has 0 aliphatic heterocycles. The molecule has 1 atom stereocenters. The van der Waals surface area contributed by atoms with Gasteiger partial charge in [0.05, 0.1) is 5.38 Å². The van der Waals surface area contributed by atoms with Crippen molar-refractivity contribution in [3.05, 3.63) is 29.6 Å². The van der Waals surface area contributed by atoms with Crippen molar-refractivity contribution in [1.82, 2.24) is 0 Å². The Labute approximate surface area is 88.6 Å². The summed E-state index contributed by atoms with van der Waals surface area (Å²) in [5, 5.41) is 0.274. The number of hydrogen-bond donors (Lipinski definition) is 0. The molecule has 1 aromatic rings. The van der Waals surface area contributed by atoms with E-state index in [1.807, 2.05) is 0 Å². The highest BCUT2D eigenvalue weighted by molar-refractivity contribution is 7.70. The lowest BCUT2D eigenvalue weighted by molar-refractivity contribution is 0.587. The van der Waals surface area contributed by atoms with Crippen LogP contribution >= 0.6 is 18.7 Å². The van der Waals surface area contributed by atoms with Gasteiger partial charge in [-0.25, -0.2) is 4.39 Å². The molecule has 0 fully saturated rings. The van der Waals surface area contributed by atoms with Crippen LogP contribution in [0.2, 0.25) is 0 Å². The average molecular weight is 235 g/mol. The van der Waals surface area contributed by atoms with Crippen LogP contribution in [0.5, 0.6) is 0 Å². The van der Waals surface area contributed by atoms with Crippen molar-refractivity contribution < 1.29 is 8.96 Å². The molecule has 0 aromatic heterocycles. The normalized spacial score (nSPS) is 14.1. The molecule has 78 valence electrons. The summed E-state index contributed by atoms with van der Waals surface area (Å²) in [5.74, 6) is -0.381. The maximum absolute atomic E-state index is 13.1. The van der Waals surface area contributed by atoms with Gasteiger partial charge in [0.25, 0.3) is 0 Å². The second-order valence-electron chi connectivity index (χ2n) is 3.71. The summed E-state index contributed by atoms with van der Waals surface area (Å²) in [7, 11) is -2.41. The quantitative estimate of drug-likeness (QED) is 0.566. The molecule has 0 saturated carbocycles. The lowest BCUT2D eigenvalue weighted by atomic mass is 10.2. The first-order chi connectivity index (χ1) is 6.30. The Balaban J connectivity index is 3.28. The monoisotopic (exact) mass is 234 g/mol. The molecule has 0 heterocycles. The minimum Gasteiger partial charge on any atom is -0.319 e. The molecule has 0 aliphatic carbocycles. The van der Waals surface area contributed by atoms with Crippen molar-refractivity contribution in [2.24, 2.45) is 0 Å². The fraction of sp³-hybridized carbons (Fsp3) is 0.400. The Bertz CT molecular complexity index is 384. The summed E-state index contributed by atoms with van der Waals surface area (Å²) in [6, 6.07) is 4.39. The number of benzene rings is 1. The topological polar surface area (TPSA) is 17.1 Å². The summed E-state index contributed by atoms with van der Waals surface area (Å²) in [6.07, 6.45) is 0. The number of hydrogen-bond acceptors (Lipinski definition) is 1. The van der Waals surface area contributed by atoms with Crippen LogP contribution in [-0.2, 0) is 4.57 Å². The first-order valence-corrected chi connectivity index (χ1v) is 7.34. The third-order valence-electron chi connectivity index (χ3n) is 1.99. The summed E-state index contributed by atoms with van der Waals surface area (Å²) < 4.78 is 24.9. The van der Waals surface area contributed by atoms with E-state index in [1.54, 1.807) is 26.3 Å². The Hall–Kier alpha value is -0.330. The Morgan fingerprint density at radius 1 is 1.36 bits per heavy atom. The van der Waals surface area contributed by atoms with Gasteiger partial charge in [0.1, 0.15) is 13.0 Å². The zero-order chi connectivity index (χ0) is 10.9. The second-order valence-corrected chi connectivity index (χ2v) is 7.58. The second kappa shape index (κ2) is 4.04. The number of rotatable bonds is 2. The summed E-state index contributed by atoms with van der Waals surface area (Å²) in [4.78, 5) is 0. The minimum atomic E-state index is -2.41. The predicted molar refractivity (Wildman–Crippen MR) is 59.8 cm³/mol. The zero-order valence-corrected chi connectivity index (χ0v) is 10.1. The molecule has 1 nitrogen and oxygen atoms in total. The van der Waals surface area contributed by atoms with Crippen molar-refractivity contribution in [2.45, 2.75) is 12.3 Å². The molecule has 1 unspecified atom stereocenters.